The number of nitrogens with zero attached hydrogens (tertiary/aromatic N) is 4. The van der Waals surface area contributed by atoms with E-state index in [4.69, 9.17) is 22.1 Å². The number of hydrazone groups is 1. The second-order valence-electron chi connectivity index (χ2n) is 7.70. The first-order valence-corrected chi connectivity index (χ1v) is 11.5. The SMILES string of the molecule is COc1ccc(-c2csc(N3N=C(C)[C@H]([C@@H](c4ccc(Cl)cc4)[C@@H](C#N)C(N)=O)C3=O)n2)cc1. The van der Waals surface area contributed by atoms with Crippen LogP contribution < -0.4 is 15.5 Å². The molecule has 0 unspecified atom stereocenters. The van der Waals surface area contributed by atoms with Gasteiger partial charge in [0.05, 0.1) is 24.8 Å². The summed E-state index contributed by atoms with van der Waals surface area (Å²) in [6.45, 7) is 1.69. The van der Waals surface area contributed by atoms with Gasteiger partial charge in [-0.05, 0) is 48.9 Å². The number of nitrogens with two attached hydrogens (primary N) is 1. The van der Waals surface area contributed by atoms with Crippen LogP contribution in [-0.2, 0) is 9.59 Å². The minimum absolute atomic E-state index is 0.380. The van der Waals surface area contributed by atoms with Crippen LogP contribution in [0.2, 0.25) is 5.02 Å². The first-order chi connectivity index (χ1) is 16.3. The molecule has 10 heteroatoms. The van der Waals surface area contributed by atoms with Crippen molar-refractivity contribution in [3.63, 3.8) is 0 Å². The number of methoxy groups -OCH3 is 1. The lowest BCUT2D eigenvalue weighted by molar-refractivity contribution is -0.123. The number of anilines is 1. The first kappa shape index (κ1) is 23.4. The summed E-state index contributed by atoms with van der Waals surface area (Å²) in [7, 11) is 1.60. The van der Waals surface area contributed by atoms with E-state index < -0.39 is 23.7 Å². The molecule has 172 valence electrons. The zero-order valence-electron chi connectivity index (χ0n) is 18.3. The predicted octanol–water partition coefficient (Wildman–Crippen LogP) is 4.22. The summed E-state index contributed by atoms with van der Waals surface area (Å²) >= 11 is 7.28. The van der Waals surface area contributed by atoms with Gasteiger partial charge < -0.3 is 10.5 Å². The van der Waals surface area contributed by atoms with Crippen LogP contribution in [0.25, 0.3) is 11.3 Å². The summed E-state index contributed by atoms with van der Waals surface area (Å²) in [6, 6.07) is 16.0. The zero-order valence-corrected chi connectivity index (χ0v) is 19.9. The molecule has 1 aromatic heterocycles. The number of thiazole rings is 1. The van der Waals surface area contributed by atoms with Gasteiger partial charge in [-0.2, -0.15) is 15.4 Å². The van der Waals surface area contributed by atoms with E-state index in [-0.39, 0.29) is 5.91 Å². The van der Waals surface area contributed by atoms with Crippen molar-refractivity contribution < 1.29 is 14.3 Å². The minimum atomic E-state index is -1.23. The average Bonchev–Trinajstić information content (AvgIpc) is 3.43. The number of amides is 2. The van der Waals surface area contributed by atoms with Crippen LogP contribution >= 0.6 is 22.9 Å². The highest BCUT2D eigenvalue weighted by atomic mass is 35.5. The number of carbonyl (C=O) groups is 2. The monoisotopic (exact) mass is 493 g/mol. The molecule has 0 radical (unpaired) electrons. The van der Waals surface area contributed by atoms with E-state index in [0.717, 1.165) is 11.3 Å². The van der Waals surface area contributed by atoms with Crippen molar-refractivity contribution in [2.75, 3.05) is 12.1 Å². The lowest BCUT2D eigenvalue weighted by Gasteiger charge is -2.25. The Hall–Kier alpha value is -3.74. The highest BCUT2D eigenvalue weighted by molar-refractivity contribution is 7.14. The molecule has 2 aromatic carbocycles. The van der Waals surface area contributed by atoms with Gasteiger partial charge in [-0.1, -0.05) is 23.7 Å². The van der Waals surface area contributed by atoms with E-state index in [0.29, 0.717) is 27.1 Å². The Balaban J connectivity index is 1.67. The topological polar surface area (TPSA) is 122 Å². The van der Waals surface area contributed by atoms with Crippen LogP contribution in [0.1, 0.15) is 18.4 Å². The molecule has 2 amide bonds. The molecule has 2 heterocycles. The molecule has 34 heavy (non-hydrogen) atoms. The molecule has 0 aliphatic carbocycles. The smallest absolute Gasteiger partial charge is 0.259 e. The number of halogens is 1. The Morgan fingerprint density at radius 1 is 1.24 bits per heavy atom. The van der Waals surface area contributed by atoms with Gasteiger partial charge >= 0.3 is 0 Å². The van der Waals surface area contributed by atoms with Crippen LogP contribution in [0.5, 0.6) is 5.75 Å². The van der Waals surface area contributed by atoms with Crippen LogP contribution in [0, 0.1) is 23.2 Å². The number of aromatic nitrogens is 1. The number of primary amides is 1. The Morgan fingerprint density at radius 3 is 2.50 bits per heavy atom. The molecule has 1 aliphatic heterocycles. The van der Waals surface area contributed by atoms with E-state index in [2.05, 4.69) is 10.1 Å². The molecule has 3 atom stereocenters. The largest absolute Gasteiger partial charge is 0.497 e. The summed E-state index contributed by atoms with van der Waals surface area (Å²) in [5, 5.41) is 18.1. The Labute approximate surface area is 205 Å². The Bertz CT molecular complexity index is 1300. The van der Waals surface area contributed by atoms with Crippen molar-refractivity contribution >= 4 is 45.6 Å². The normalized spacial score (nSPS) is 17.1. The van der Waals surface area contributed by atoms with Crippen molar-refractivity contribution in [2.24, 2.45) is 22.7 Å². The molecule has 0 spiro atoms. The fraction of sp³-hybridized carbons (Fsp3) is 0.208. The van der Waals surface area contributed by atoms with Gasteiger partial charge in [0.15, 0.2) is 0 Å². The van der Waals surface area contributed by atoms with Gasteiger partial charge in [-0.3, -0.25) is 9.59 Å². The summed E-state index contributed by atoms with van der Waals surface area (Å²) in [5.74, 6) is -3.36. The zero-order chi connectivity index (χ0) is 24.4. The Morgan fingerprint density at radius 2 is 1.91 bits per heavy atom. The Kier molecular flexibility index (Phi) is 6.63. The van der Waals surface area contributed by atoms with E-state index in [1.165, 1.54) is 16.3 Å². The molecule has 0 saturated carbocycles. The van der Waals surface area contributed by atoms with Gasteiger partial charge in [-0.25, -0.2) is 4.98 Å². The molecule has 8 nitrogen and oxygen atoms in total. The fourth-order valence-corrected chi connectivity index (χ4v) is 4.88. The van der Waals surface area contributed by atoms with Gasteiger partial charge in [0.2, 0.25) is 11.0 Å². The average molecular weight is 494 g/mol. The molecule has 3 aromatic rings. The van der Waals surface area contributed by atoms with Gasteiger partial charge in [0.25, 0.3) is 5.91 Å². The van der Waals surface area contributed by atoms with Gasteiger partial charge in [-0.15, -0.1) is 11.3 Å². The maximum atomic E-state index is 13.5. The third kappa shape index (κ3) is 4.38. The summed E-state index contributed by atoms with van der Waals surface area (Å²) in [6.07, 6.45) is 0. The standard InChI is InChI=1S/C24H20ClN5O3S/c1-13-20(21(18(11-26)22(27)31)15-3-7-16(25)8-4-15)23(32)30(29-13)24-28-19(12-34-24)14-5-9-17(33-2)10-6-14/h3-10,12,18,20-21H,1-2H3,(H2,27,31)/t18-,20-,21+/m1/s1. The highest BCUT2D eigenvalue weighted by Crippen LogP contribution is 2.40. The van der Waals surface area contributed by atoms with Crippen molar-refractivity contribution in [3.05, 3.63) is 64.5 Å². The van der Waals surface area contributed by atoms with Crippen molar-refractivity contribution in [2.45, 2.75) is 12.8 Å². The first-order valence-electron chi connectivity index (χ1n) is 10.3. The lowest BCUT2D eigenvalue weighted by atomic mass is 9.75. The van der Waals surface area contributed by atoms with Crippen LogP contribution in [0.3, 0.4) is 0 Å². The minimum Gasteiger partial charge on any atom is -0.497 e. The number of rotatable bonds is 7. The highest BCUT2D eigenvalue weighted by Gasteiger charge is 2.46. The molecule has 0 bridgehead atoms. The van der Waals surface area contributed by atoms with E-state index in [1.807, 2.05) is 35.7 Å². The second kappa shape index (κ2) is 9.63. The summed E-state index contributed by atoms with van der Waals surface area (Å²) in [4.78, 5) is 30.3. The quantitative estimate of drug-likeness (QED) is 0.528. The van der Waals surface area contributed by atoms with Crippen LogP contribution in [-0.4, -0.2) is 29.6 Å². The van der Waals surface area contributed by atoms with E-state index >= 15 is 0 Å². The van der Waals surface area contributed by atoms with Gasteiger partial charge in [0, 0.05) is 27.6 Å². The molecule has 1 aliphatic rings. The number of hydrogen-bond acceptors (Lipinski definition) is 7. The molecular formula is C24H20ClN5O3S. The maximum absolute atomic E-state index is 13.5. The number of nitriles is 1. The summed E-state index contributed by atoms with van der Waals surface area (Å²) in [5.41, 5.74) is 8.15. The van der Waals surface area contributed by atoms with Crippen LogP contribution in [0.15, 0.2) is 59.0 Å². The maximum Gasteiger partial charge on any atom is 0.259 e. The van der Waals surface area contributed by atoms with Crippen molar-refractivity contribution in [1.82, 2.24) is 4.98 Å². The van der Waals surface area contributed by atoms with Crippen LogP contribution in [0.4, 0.5) is 5.13 Å². The van der Waals surface area contributed by atoms with Gasteiger partial charge in [0.1, 0.15) is 11.7 Å². The molecule has 0 saturated heterocycles. The summed E-state index contributed by atoms with van der Waals surface area (Å²) < 4.78 is 5.19. The lowest BCUT2D eigenvalue weighted by Crippen LogP contribution is -2.38. The second-order valence-corrected chi connectivity index (χ2v) is 8.97. The molecular weight excluding hydrogens is 474 g/mol. The van der Waals surface area contributed by atoms with E-state index in [1.54, 1.807) is 38.3 Å². The third-order valence-corrected chi connectivity index (χ3v) is 6.73. The fourth-order valence-electron chi connectivity index (χ4n) is 3.97. The van der Waals surface area contributed by atoms with E-state index in [9.17, 15) is 14.9 Å². The van der Waals surface area contributed by atoms with Crippen molar-refractivity contribution in [3.8, 4) is 23.1 Å². The number of hydrogen-bond donors (Lipinski definition) is 1. The number of benzene rings is 2. The molecule has 0 fully saturated rings. The molecule has 4 rings (SSSR count). The predicted molar refractivity (Wildman–Crippen MR) is 131 cm³/mol. The number of carbonyl (C=O) groups excluding carboxylic acids is 2. The third-order valence-electron chi connectivity index (χ3n) is 5.66. The van der Waals surface area contributed by atoms with Crippen molar-refractivity contribution in [1.29, 1.82) is 5.26 Å². The molecule has 2 N–H and O–H groups in total. The number of ether oxygens (including phenoxy) is 1.